The van der Waals surface area contributed by atoms with Crippen LogP contribution in [0.5, 0.6) is 0 Å². The Morgan fingerprint density at radius 2 is 2.05 bits per heavy atom. The highest BCUT2D eigenvalue weighted by Gasteiger charge is 2.17. The minimum Gasteiger partial charge on any atom is -0.478 e. The van der Waals surface area contributed by atoms with E-state index in [2.05, 4.69) is 0 Å². The van der Waals surface area contributed by atoms with E-state index >= 15 is 0 Å². The second kappa shape index (κ2) is 4.70. The molecule has 0 aliphatic carbocycles. The molecule has 2 rings (SSSR count). The van der Waals surface area contributed by atoms with E-state index in [1.807, 2.05) is 0 Å². The Balaban J connectivity index is 2.63. The molecule has 0 atom stereocenters. The quantitative estimate of drug-likeness (QED) is 0.927. The lowest BCUT2D eigenvalue weighted by Gasteiger charge is -2.04. The number of sulfone groups is 1. The summed E-state index contributed by atoms with van der Waals surface area (Å²) >= 11 is 0. The molecule has 19 heavy (non-hydrogen) atoms. The summed E-state index contributed by atoms with van der Waals surface area (Å²) in [7, 11) is -1.40. The summed E-state index contributed by atoms with van der Waals surface area (Å²) < 4.78 is 25.1. The van der Waals surface area contributed by atoms with E-state index < -0.39 is 15.8 Å². The van der Waals surface area contributed by atoms with Crippen LogP contribution in [0, 0.1) is 0 Å². The van der Waals surface area contributed by atoms with Crippen LogP contribution in [-0.4, -0.2) is 29.8 Å². The largest absolute Gasteiger partial charge is 0.478 e. The molecule has 0 amide bonds. The Hall–Kier alpha value is -1.82. The number of fused-ring (bicyclic) bond motifs is 1. The minimum absolute atomic E-state index is 0.0698. The predicted molar refractivity (Wildman–Crippen MR) is 73.0 cm³/mol. The third-order valence-electron chi connectivity index (χ3n) is 3.22. The van der Waals surface area contributed by atoms with E-state index in [-0.39, 0.29) is 17.1 Å². The highest BCUT2D eigenvalue weighted by Crippen LogP contribution is 2.24. The van der Waals surface area contributed by atoms with Gasteiger partial charge in [-0.1, -0.05) is 13.0 Å². The molecule has 5 nitrogen and oxygen atoms in total. The number of aromatic carboxylic acids is 1. The third kappa shape index (κ3) is 2.49. The van der Waals surface area contributed by atoms with Crippen LogP contribution in [0.15, 0.2) is 24.3 Å². The van der Waals surface area contributed by atoms with Crippen LogP contribution >= 0.6 is 0 Å². The van der Waals surface area contributed by atoms with Gasteiger partial charge >= 0.3 is 5.97 Å². The van der Waals surface area contributed by atoms with Crippen LogP contribution in [-0.2, 0) is 22.6 Å². The first kappa shape index (κ1) is 13.6. The Morgan fingerprint density at radius 1 is 1.37 bits per heavy atom. The summed E-state index contributed by atoms with van der Waals surface area (Å²) in [6.45, 7) is 1.60. The standard InChI is InChI=1S/C13H15NO4S/c1-3-19(17,18)8-9-7-11-10(13(15)16)5-4-6-12(11)14(9)2/h4-7H,3,8H2,1-2H3,(H,15,16). The normalized spacial score (nSPS) is 11.9. The fourth-order valence-corrected chi connectivity index (χ4v) is 3.00. The summed E-state index contributed by atoms with van der Waals surface area (Å²) in [5.41, 5.74) is 1.51. The molecule has 2 aromatic rings. The topological polar surface area (TPSA) is 76.4 Å². The number of carbonyl (C=O) groups is 1. The first-order valence-corrected chi connectivity index (χ1v) is 7.69. The zero-order chi connectivity index (χ0) is 14.2. The van der Waals surface area contributed by atoms with Gasteiger partial charge in [0.1, 0.15) is 0 Å². The number of nitrogens with zero attached hydrogens (tertiary/aromatic N) is 1. The summed E-state index contributed by atoms with van der Waals surface area (Å²) in [6, 6.07) is 6.60. The smallest absolute Gasteiger partial charge is 0.336 e. The van der Waals surface area contributed by atoms with Crippen molar-refractivity contribution in [1.82, 2.24) is 4.57 Å². The molecule has 1 heterocycles. The molecule has 0 bridgehead atoms. The number of carboxylic acid groups (broad SMARTS) is 1. The van der Waals surface area contributed by atoms with E-state index in [0.717, 1.165) is 5.52 Å². The Labute approximate surface area is 111 Å². The van der Waals surface area contributed by atoms with Crippen LogP contribution in [0.25, 0.3) is 10.9 Å². The average Bonchev–Trinajstić information content (AvgIpc) is 2.66. The number of hydrogen-bond acceptors (Lipinski definition) is 3. The van der Waals surface area contributed by atoms with Crippen LogP contribution in [0.3, 0.4) is 0 Å². The van der Waals surface area contributed by atoms with Crippen LogP contribution in [0.1, 0.15) is 23.0 Å². The van der Waals surface area contributed by atoms with E-state index in [4.69, 9.17) is 5.11 Å². The van der Waals surface area contributed by atoms with E-state index in [0.29, 0.717) is 11.1 Å². The van der Waals surface area contributed by atoms with E-state index in [1.165, 1.54) is 6.07 Å². The first-order chi connectivity index (χ1) is 8.85. The van der Waals surface area contributed by atoms with Gasteiger partial charge in [0.25, 0.3) is 0 Å². The van der Waals surface area contributed by atoms with Gasteiger partial charge in [-0.25, -0.2) is 13.2 Å². The van der Waals surface area contributed by atoms with Crippen molar-refractivity contribution < 1.29 is 18.3 Å². The van der Waals surface area contributed by atoms with Crippen LogP contribution in [0.2, 0.25) is 0 Å². The maximum atomic E-state index is 11.7. The van der Waals surface area contributed by atoms with Gasteiger partial charge in [0.15, 0.2) is 9.84 Å². The molecule has 102 valence electrons. The number of aryl methyl sites for hydroxylation is 1. The number of carboxylic acids is 1. The Morgan fingerprint density at radius 3 is 2.63 bits per heavy atom. The van der Waals surface area contributed by atoms with Gasteiger partial charge in [0.05, 0.1) is 11.3 Å². The second-order valence-electron chi connectivity index (χ2n) is 4.41. The number of benzene rings is 1. The van der Waals surface area contributed by atoms with E-state index in [1.54, 1.807) is 36.7 Å². The molecule has 0 unspecified atom stereocenters. The summed E-state index contributed by atoms with van der Waals surface area (Å²) in [5.74, 6) is -1.02. The van der Waals surface area contributed by atoms with Crippen molar-refractivity contribution in [3.8, 4) is 0 Å². The fraction of sp³-hybridized carbons (Fsp3) is 0.308. The SMILES string of the molecule is CCS(=O)(=O)Cc1cc2c(C(=O)O)cccc2n1C. The maximum absolute atomic E-state index is 11.7. The van der Waals surface area contributed by atoms with Gasteiger partial charge in [-0.15, -0.1) is 0 Å². The van der Waals surface area contributed by atoms with Gasteiger partial charge in [-0.3, -0.25) is 0 Å². The highest BCUT2D eigenvalue weighted by atomic mass is 32.2. The highest BCUT2D eigenvalue weighted by molar-refractivity contribution is 7.90. The minimum atomic E-state index is -3.14. The van der Waals surface area contributed by atoms with Gasteiger partial charge in [0.2, 0.25) is 0 Å². The van der Waals surface area contributed by atoms with Crippen molar-refractivity contribution in [1.29, 1.82) is 0 Å². The van der Waals surface area contributed by atoms with Crippen molar-refractivity contribution >= 4 is 26.7 Å². The lowest BCUT2D eigenvalue weighted by molar-refractivity contribution is 0.0699. The molecule has 0 radical (unpaired) electrons. The molecular formula is C13H15NO4S. The molecule has 0 saturated heterocycles. The molecule has 6 heteroatoms. The Kier molecular flexibility index (Phi) is 3.36. The van der Waals surface area contributed by atoms with Crippen molar-refractivity contribution in [3.63, 3.8) is 0 Å². The first-order valence-electron chi connectivity index (χ1n) is 5.86. The predicted octanol–water partition coefficient (Wildman–Crippen LogP) is 1.81. The van der Waals surface area contributed by atoms with Crippen molar-refractivity contribution in [2.75, 3.05) is 5.75 Å². The van der Waals surface area contributed by atoms with Crippen molar-refractivity contribution in [2.45, 2.75) is 12.7 Å². The molecule has 1 aromatic heterocycles. The van der Waals surface area contributed by atoms with Crippen LogP contribution < -0.4 is 0 Å². The van der Waals surface area contributed by atoms with Gasteiger partial charge in [-0.05, 0) is 18.2 Å². The van der Waals surface area contributed by atoms with Crippen molar-refractivity contribution in [3.05, 3.63) is 35.5 Å². The summed E-state index contributed by atoms with van der Waals surface area (Å²) in [4.78, 5) is 11.1. The summed E-state index contributed by atoms with van der Waals surface area (Å²) in [5, 5.41) is 9.70. The molecule has 0 aliphatic rings. The molecule has 1 N–H and O–H groups in total. The second-order valence-corrected chi connectivity index (χ2v) is 6.77. The fourth-order valence-electron chi connectivity index (χ4n) is 2.07. The number of aromatic nitrogens is 1. The molecule has 1 aromatic carbocycles. The average molecular weight is 281 g/mol. The van der Waals surface area contributed by atoms with Crippen molar-refractivity contribution in [2.24, 2.45) is 7.05 Å². The van der Waals surface area contributed by atoms with Gasteiger partial charge in [0, 0.05) is 29.4 Å². The van der Waals surface area contributed by atoms with Gasteiger partial charge < -0.3 is 9.67 Å². The number of hydrogen-bond donors (Lipinski definition) is 1. The zero-order valence-electron chi connectivity index (χ0n) is 10.8. The monoisotopic (exact) mass is 281 g/mol. The number of rotatable bonds is 4. The lowest BCUT2D eigenvalue weighted by atomic mass is 10.1. The van der Waals surface area contributed by atoms with Crippen LogP contribution in [0.4, 0.5) is 0 Å². The molecule has 0 fully saturated rings. The maximum Gasteiger partial charge on any atom is 0.336 e. The third-order valence-corrected chi connectivity index (χ3v) is 4.84. The molecule has 0 aliphatic heterocycles. The zero-order valence-corrected chi connectivity index (χ0v) is 11.6. The lowest BCUT2D eigenvalue weighted by Crippen LogP contribution is -2.09. The molecular weight excluding hydrogens is 266 g/mol. The summed E-state index contributed by atoms with van der Waals surface area (Å²) in [6.07, 6.45) is 0. The van der Waals surface area contributed by atoms with E-state index in [9.17, 15) is 13.2 Å². The molecule has 0 spiro atoms. The van der Waals surface area contributed by atoms with Gasteiger partial charge in [-0.2, -0.15) is 0 Å². The molecule has 0 saturated carbocycles. The Bertz CT molecular complexity index is 743.